The van der Waals surface area contributed by atoms with E-state index in [1.54, 1.807) is 0 Å². The molecule has 6 nitrogen and oxygen atoms in total. The SMILES string of the molecule is CC(C)CC(=O)NC(c1ccccc1)c1nc(C2(N)CCC2)no1.Cl. The maximum Gasteiger partial charge on any atom is 0.253 e. The van der Waals surface area contributed by atoms with Gasteiger partial charge in [-0.2, -0.15) is 4.98 Å². The van der Waals surface area contributed by atoms with Crippen molar-refractivity contribution in [2.75, 3.05) is 0 Å². The Balaban J connectivity index is 0.00000225. The molecule has 3 N–H and O–H groups in total. The third kappa shape index (κ3) is 4.38. The lowest BCUT2D eigenvalue weighted by Gasteiger charge is -2.34. The number of carbonyl (C=O) groups is 1. The van der Waals surface area contributed by atoms with Gasteiger partial charge in [0.05, 0.1) is 5.54 Å². The van der Waals surface area contributed by atoms with Gasteiger partial charge in [0.2, 0.25) is 5.91 Å². The van der Waals surface area contributed by atoms with E-state index in [1.807, 2.05) is 44.2 Å². The molecule has 0 radical (unpaired) electrons. The van der Waals surface area contributed by atoms with Crippen molar-refractivity contribution in [2.24, 2.45) is 11.7 Å². The van der Waals surface area contributed by atoms with Gasteiger partial charge >= 0.3 is 0 Å². The van der Waals surface area contributed by atoms with Crippen LogP contribution < -0.4 is 11.1 Å². The largest absolute Gasteiger partial charge is 0.341 e. The molecule has 1 atom stereocenters. The lowest BCUT2D eigenvalue weighted by Crippen LogP contribution is -2.44. The summed E-state index contributed by atoms with van der Waals surface area (Å²) in [6, 6.07) is 9.19. The minimum atomic E-state index is -0.481. The fourth-order valence-electron chi connectivity index (χ4n) is 2.86. The van der Waals surface area contributed by atoms with Gasteiger partial charge in [0, 0.05) is 6.42 Å². The average Bonchev–Trinajstić information content (AvgIpc) is 3.00. The van der Waals surface area contributed by atoms with Crippen molar-refractivity contribution < 1.29 is 9.32 Å². The highest BCUT2D eigenvalue weighted by Gasteiger charge is 2.39. The van der Waals surface area contributed by atoms with Gasteiger partial charge in [0.25, 0.3) is 5.89 Å². The highest BCUT2D eigenvalue weighted by molar-refractivity contribution is 5.85. The third-order valence-corrected chi connectivity index (χ3v) is 4.41. The predicted octanol–water partition coefficient (Wildman–Crippen LogP) is 3.08. The number of hydrogen-bond donors (Lipinski definition) is 2. The molecule has 2 aromatic rings. The smallest absolute Gasteiger partial charge is 0.253 e. The monoisotopic (exact) mass is 364 g/mol. The molecule has 1 aliphatic carbocycles. The fraction of sp³-hybridized carbons (Fsp3) is 0.500. The Morgan fingerprint density at radius 3 is 2.56 bits per heavy atom. The van der Waals surface area contributed by atoms with E-state index in [9.17, 15) is 4.79 Å². The highest BCUT2D eigenvalue weighted by atomic mass is 35.5. The molecular formula is C18H25ClN4O2. The van der Waals surface area contributed by atoms with Crippen LogP contribution in [0.2, 0.25) is 0 Å². The van der Waals surface area contributed by atoms with Crippen molar-refractivity contribution in [2.45, 2.75) is 51.1 Å². The van der Waals surface area contributed by atoms with Crippen LogP contribution in [0.1, 0.15) is 62.9 Å². The summed E-state index contributed by atoms with van der Waals surface area (Å²) in [7, 11) is 0. The zero-order chi connectivity index (χ0) is 17.2. The van der Waals surface area contributed by atoms with Crippen LogP contribution in [0.25, 0.3) is 0 Å². The molecule has 0 aliphatic heterocycles. The van der Waals surface area contributed by atoms with E-state index in [4.69, 9.17) is 10.3 Å². The van der Waals surface area contributed by atoms with Crippen LogP contribution in [0.3, 0.4) is 0 Å². The Morgan fingerprint density at radius 1 is 1.32 bits per heavy atom. The molecule has 1 fully saturated rings. The first-order chi connectivity index (χ1) is 11.5. The Labute approximate surface area is 154 Å². The van der Waals surface area contributed by atoms with E-state index in [0.29, 0.717) is 18.1 Å². The van der Waals surface area contributed by atoms with Crippen LogP contribution in [-0.4, -0.2) is 16.0 Å². The summed E-state index contributed by atoms with van der Waals surface area (Å²) in [6.07, 6.45) is 3.25. The zero-order valence-electron chi connectivity index (χ0n) is 14.6. The fourth-order valence-corrected chi connectivity index (χ4v) is 2.86. The zero-order valence-corrected chi connectivity index (χ0v) is 15.4. The van der Waals surface area contributed by atoms with Crippen LogP contribution >= 0.6 is 12.4 Å². The summed E-state index contributed by atoms with van der Waals surface area (Å²) >= 11 is 0. The second-order valence-corrected chi connectivity index (χ2v) is 6.98. The van der Waals surface area contributed by atoms with Gasteiger partial charge in [-0.15, -0.1) is 12.4 Å². The molecular weight excluding hydrogens is 340 g/mol. The molecule has 0 spiro atoms. The molecule has 1 aromatic carbocycles. The molecule has 1 heterocycles. The number of benzene rings is 1. The van der Waals surface area contributed by atoms with E-state index in [-0.39, 0.29) is 24.2 Å². The molecule has 1 unspecified atom stereocenters. The van der Waals surface area contributed by atoms with Gasteiger partial charge in [0.15, 0.2) is 5.82 Å². The number of rotatable bonds is 6. The molecule has 0 saturated heterocycles. The van der Waals surface area contributed by atoms with E-state index >= 15 is 0 Å². The van der Waals surface area contributed by atoms with Gasteiger partial charge in [-0.25, -0.2) is 0 Å². The maximum absolute atomic E-state index is 12.3. The Hall–Kier alpha value is -1.92. The first-order valence-corrected chi connectivity index (χ1v) is 8.45. The van der Waals surface area contributed by atoms with E-state index in [0.717, 1.165) is 24.8 Å². The van der Waals surface area contributed by atoms with Crippen LogP contribution in [0.5, 0.6) is 0 Å². The van der Waals surface area contributed by atoms with Crippen LogP contribution in [0, 0.1) is 5.92 Å². The Kier molecular flexibility index (Phi) is 6.19. The number of halogens is 1. The number of carbonyl (C=O) groups excluding carboxylic acids is 1. The first kappa shape index (κ1) is 19.4. The lowest BCUT2D eigenvalue weighted by molar-refractivity contribution is -0.122. The van der Waals surface area contributed by atoms with Crippen molar-refractivity contribution >= 4 is 18.3 Å². The molecule has 7 heteroatoms. The maximum atomic E-state index is 12.3. The average molecular weight is 365 g/mol. The van der Waals surface area contributed by atoms with Crippen molar-refractivity contribution in [3.8, 4) is 0 Å². The molecule has 1 aromatic heterocycles. The van der Waals surface area contributed by atoms with Gasteiger partial charge in [-0.05, 0) is 30.7 Å². The summed E-state index contributed by atoms with van der Waals surface area (Å²) in [5.41, 5.74) is 6.70. The minimum Gasteiger partial charge on any atom is -0.341 e. The molecule has 25 heavy (non-hydrogen) atoms. The molecule has 1 saturated carbocycles. The normalized spacial score (nSPS) is 16.6. The standard InChI is InChI=1S/C18H24N4O2.ClH/c1-12(2)11-14(23)20-15(13-7-4-3-5-8-13)16-21-17(22-24-16)18(19)9-6-10-18;/h3-5,7-8,12,15H,6,9-11,19H2,1-2H3,(H,20,23);1H. The molecule has 3 rings (SSSR count). The van der Waals surface area contributed by atoms with Crippen LogP contribution in [-0.2, 0) is 10.3 Å². The summed E-state index contributed by atoms with van der Waals surface area (Å²) in [4.78, 5) is 16.8. The minimum absolute atomic E-state index is 0. The number of hydrogen-bond acceptors (Lipinski definition) is 5. The van der Waals surface area contributed by atoms with Gasteiger partial charge in [-0.3, -0.25) is 4.79 Å². The summed E-state index contributed by atoms with van der Waals surface area (Å²) in [5.74, 6) is 1.15. The van der Waals surface area contributed by atoms with Crippen LogP contribution in [0.4, 0.5) is 0 Å². The Morgan fingerprint density at radius 2 is 2.00 bits per heavy atom. The molecule has 1 aliphatic rings. The number of amides is 1. The van der Waals surface area contributed by atoms with E-state index < -0.39 is 11.6 Å². The summed E-state index contributed by atoms with van der Waals surface area (Å²) in [5, 5.41) is 7.07. The van der Waals surface area contributed by atoms with E-state index in [1.165, 1.54) is 0 Å². The number of aromatic nitrogens is 2. The molecule has 136 valence electrons. The first-order valence-electron chi connectivity index (χ1n) is 8.45. The lowest BCUT2D eigenvalue weighted by atomic mass is 9.77. The van der Waals surface area contributed by atoms with E-state index in [2.05, 4.69) is 15.5 Å². The number of nitrogens with one attached hydrogen (secondary N) is 1. The summed E-state index contributed by atoms with van der Waals surface area (Å²) in [6.45, 7) is 4.02. The second kappa shape index (κ2) is 7.97. The van der Waals surface area contributed by atoms with Gasteiger partial charge in [-0.1, -0.05) is 49.3 Å². The molecule has 1 amide bonds. The van der Waals surface area contributed by atoms with Crippen molar-refractivity contribution in [3.63, 3.8) is 0 Å². The predicted molar refractivity (Wildman–Crippen MR) is 97.1 cm³/mol. The number of nitrogens with zero attached hydrogens (tertiary/aromatic N) is 2. The van der Waals surface area contributed by atoms with Crippen molar-refractivity contribution in [1.82, 2.24) is 15.5 Å². The number of nitrogens with two attached hydrogens (primary N) is 1. The third-order valence-electron chi connectivity index (χ3n) is 4.41. The quantitative estimate of drug-likeness (QED) is 0.821. The van der Waals surface area contributed by atoms with Gasteiger partial charge in [0.1, 0.15) is 6.04 Å². The molecule has 0 bridgehead atoms. The second-order valence-electron chi connectivity index (χ2n) is 6.98. The topological polar surface area (TPSA) is 94.0 Å². The van der Waals surface area contributed by atoms with Crippen molar-refractivity contribution in [1.29, 1.82) is 0 Å². The van der Waals surface area contributed by atoms with Crippen molar-refractivity contribution in [3.05, 3.63) is 47.6 Å². The van der Waals surface area contributed by atoms with Crippen LogP contribution in [0.15, 0.2) is 34.9 Å². The highest BCUT2D eigenvalue weighted by Crippen LogP contribution is 2.37. The Bertz CT molecular complexity index is 698. The van der Waals surface area contributed by atoms with Gasteiger partial charge < -0.3 is 15.6 Å². The summed E-state index contributed by atoms with van der Waals surface area (Å²) < 4.78 is 5.45.